The summed E-state index contributed by atoms with van der Waals surface area (Å²) in [6, 6.07) is 11.9. The Morgan fingerprint density at radius 1 is 0.809 bits per heavy atom. The second kappa shape index (κ2) is 17.7. The van der Waals surface area contributed by atoms with Gasteiger partial charge in [-0.1, -0.05) is 17.3 Å². The molecule has 0 bridgehead atoms. The first kappa shape index (κ1) is 40.2. The lowest BCUT2D eigenvalue weighted by molar-refractivity contribution is -0.193. The minimum Gasteiger partial charge on any atom is -0.475 e. The maximum Gasteiger partial charge on any atom is 0.490 e. The molecule has 4 rings (SSSR count). The van der Waals surface area contributed by atoms with Crippen LogP contribution in [0.2, 0.25) is 0 Å². The van der Waals surface area contributed by atoms with E-state index in [2.05, 4.69) is 31.2 Å². The Morgan fingerprint density at radius 2 is 1.26 bits per heavy atom. The van der Waals surface area contributed by atoms with Crippen LogP contribution in [0.25, 0.3) is 0 Å². The number of pyridine rings is 2. The Labute approximate surface area is 258 Å². The number of carboxylic acid groups (broad SMARTS) is 3. The predicted molar refractivity (Wildman–Crippen MR) is 137 cm³/mol. The first-order chi connectivity index (χ1) is 21.6. The first-order valence-electron chi connectivity index (χ1n) is 12.5. The van der Waals surface area contributed by atoms with Crippen LogP contribution in [-0.4, -0.2) is 94.8 Å². The minimum atomic E-state index is -5.08. The molecule has 1 unspecified atom stereocenters. The number of halogens is 9. The Hall–Kier alpha value is -4.86. The molecule has 1 aliphatic rings. The molecule has 4 heterocycles. The third kappa shape index (κ3) is 15.3. The number of ether oxygens (including phenoxy) is 1. The van der Waals surface area contributed by atoms with E-state index in [9.17, 15) is 39.5 Å². The zero-order chi connectivity index (χ0) is 36.0. The van der Waals surface area contributed by atoms with Crippen molar-refractivity contribution in [2.24, 2.45) is 7.05 Å². The van der Waals surface area contributed by atoms with E-state index in [1.54, 1.807) is 6.20 Å². The third-order valence-electron chi connectivity index (χ3n) is 5.32. The fourth-order valence-corrected chi connectivity index (χ4v) is 3.46. The van der Waals surface area contributed by atoms with Crippen molar-refractivity contribution < 1.29 is 74.0 Å². The zero-order valence-corrected chi connectivity index (χ0v) is 23.8. The molecule has 1 aliphatic heterocycles. The quantitative estimate of drug-likeness (QED) is 0.319. The normalized spacial score (nSPS) is 14.6. The lowest BCUT2D eigenvalue weighted by atomic mass is 9.99. The van der Waals surface area contributed by atoms with Gasteiger partial charge in [0.25, 0.3) is 0 Å². The van der Waals surface area contributed by atoms with Crippen molar-refractivity contribution in [1.82, 2.24) is 29.9 Å². The first-order valence-corrected chi connectivity index (χ1v) is 12.5. The Bertz CT molecular complexity index is 1360. The van der Waals surface area contributed by atoms with Crippen LogP contribution in [0, 0.1) is 0 Å². The Morgan fingerprint density at radius 3 is 1.66 bits per heavy atom. The smallest absolute Gasteiger partial charge is 0.475 e. The zero-order valence-electron chi connectivity index (χ0n) is 23.8. The van der Waals surface area contributed by atoms with Crippen LogP contribution in [0.4, 0.5) is 39.5 Å². The second-order valence-electron chi connectivity index (χ2n) is 8.98. The fourth-order valence-electron chi connectivity index (χ4n) is 3.46. The molecule has 47 heavy (non-hydrogen) atoms. The number of carbonyl (C=O) groups is 3. The van der Waals surface area contributed by atoms with Gasteiger partial charge < -0.3 is 20.1 Å². The largest absolute Gasteiger partial charge is 0.490 e. The van der Waals surface area contributed by atoms with Gasteiger partial charge >= 0.3 is 36.4 Å². The average Bonchev–Trinajstić information content (AvgIpc) is 3.34. The van der Waals surface area contributed by atoms with E-state index < -0.39 is 36.4 Å². The number of rotatable bonds is 6. The predicted octanol–water partition coefficient (Wildman–Crippen LogP) is 3.82. The number of hydrogen-bond donors (Lipinski definition) is 3. The Balaban J connectivity index is 0.000000430. The molecule has 0 fully saturated rings. The van der Waals surface area contributed by atoms with E-state index in [0.717, 1.165) is 36.7 Å². The average molecular weight is 692 g/mol. The number of aromatic nitrogens is 5. The van der Waals surface area contributed by atoms with Crippen LogP contribution in [0.5, 0.6) is 0 Å². The molecule has 0 saturated carbocycles. The molecule has 0 radical (unpaired) electrons. The SMILES string of the molecule is Cn1nnc2c1C(COCc1ccccn1)CN(Cc1ccccn1)C2.O=C(O)C(F)(F)F.O=C(O)C(F)(F)F.O=C(O)C(F)(F)F. The van der Waals surface area contributed by atoms with Crippen molar-refractivity contribution in [3.05, 3.63) is 71.6 Å². The third-order valence-corrected chi connectivity index (χ3v) is 5.32. The van der Waals surface area contributed by atoms with Crippen molar-refractivity contribution >= 4 is 17.9 Å². The van der Waals surface area contributed by atoms with Crippen molar-refractivity contribution in [2.75, 3.05) is 13.2 Å². The fraction of sp³-hybridized carbons (Fsp3) is 0.400. The molecular weight excluding hydrogens is 667 g/mol. The van der Waals surface area contributed by atoms with Crippen molar-refractivity contribution in [3.8, 4) is 0 Å². The molecule has 0 amide bonds. The van der Waals surface area contributed by atoms with E-state index in [0.29, 0.717) is 13.2 Å². The molecule has 13 nitrogen and oxygen atoms in total. The van der Waals surface area contributed by atoms with Crippen LogP contribution in [-0.2, 0) is 45.9 Å². The molecule has 0 aliphatic carbocycles. The molecule has 3 aromatic rings. The van der Waals surface area contributed by atoms with Gasteiger partial charge in [-0.3, -0.25) is 19.5 Å². The van der Waals surface area contributed by atoms with Gasteiger partial charge in [-0.05, 0) is 24.3 Å². The molecular formula is C25H25F9N6O7. The summed E-state index contributed by atoms with van der Waals surface area (Å²) in [6.07, 6.45) is -11.6. The summed E-state index contributed by atoms with van der Waals surface area (Å²) in [6.45, 7) is 3.61. The van der Waals surface area contributed by atoms with Gasteiger partial charge in [0.1, 0.15) is 5.69 Å². The van der Waals surface area contributed by atoms with Crippen molar-refractivity contribution in [2.45, 2.75) is 44.1 Å². The highest BCUT2D eigenvalue weighted by Gasteiger charge is 2.39. The maximum atomic E-state index is 10.6. The van der Waals surface area contributed by atoms with Crippen LogP contribution in [0.15, 0.2) is 48.8 Å². The lowest BCUT2D eigenvalue weighted by Crippen LogP contribution is -2.36. The van der Waals surface area contributed by atoms with Crippen LogP contribution >= 0.6 is 0 Å². The molecule has 0 aromatic carbocycles. The Kier molecular flexibility index (Phi) is 15.2. The van der Waals surface area contributed by atoms with Crippen molar-refractivity contribution in [3.63, 3.8) is 0 Å². The molecule has 3 N–H and O–H groups in total. The number of aliphatic carboxylic acids is 3. The standard InChI is InChI=1S/C19H22N6O.3C2HF3O2/c1-24-19-15(13-26-14-17-7-3-5-9-21-17)10-25(12-18(19)22-23-24)11-16-6-2-4-8-20-16;3*3-2(4,5)1(6)7/h2-9,15H,10-14H2,1H3;3*(H,6,7). The van der Waals surface area contributed by atoms with Gasteiger partial charge in [-0.15, -0.1) is 5.10 Å². The number of carboxylic acids is 3. The van der Waals surface area contributed by atoms with E-state index >= 15 is 0 Å². The highest BCUT2D eigenvalue weighted by molar-refractivity contribution is 5.73. The van der Waals surface area contributed by atoms with Gasteiger partial charge in [0, 0.05) is 45.0 Å². The monoisotopic (exact) mass is 692 g/mol. The van der Waals surface area contributed by atoms with Gasteiger partial charge in [0.05, 0.1) is 30.3 Å². The minimum absolute atomic E-state index is 0.228. The summed E-state index contributed by atoms with van der Waals surface area (Å²) < 4.78 is 103. The molecule has 0 saturated heterocycles. The second-order valence-corrected chi connectivity index (χ2v) is 8.98. The number of hydrogen-bond acceptors (Lipinski definition) is 9. The van der Waals surface area contributed by atoms with E-state index in [1.807, 2.05) is 48.3 Å². The van der Waals surface area contributed by atoms with Crippen molar-refractivity contribution in [1.29, 1.82) is 0 Å². The summed E-state index contributed by atoms with van der Waals surface area (Å²) in [5.74, 6) is -8.04. The molecule has 1 atom stereocenters. The van der Waals surface area contributed by atoms with Crippen LogP contribution < -0.4 is 0 Å². The summed E-state index contributed by atoms with van der Waals surface area (Å²) >= 11 is 0. The lowest BCUT2D eigenvalue weighted by Gasteiger charge is -2.31. The van der Waals surface area contributed by atoms with Gasteiger partial charge in [-0.2, -0.15) is 39.5 Å². The maximum absolute atomic E-state index is 10.6. The highest BCUT2D eigenvalue weighted by Crippen LogP contribution is 2.28. The van der Waals surface area contributed by atoms with E-state index in [-0.39, 0.29) is 5.92 Å². The summed E-state index contributed by atoms with van der Waals surface area (Å²) in [5.41, 5.74) is 4.20. The molecule has 22 heteroatoms. The molecule has 0 spiro atoms. The number of aryl methyl sites for hydroxylation is 1. The van der Waals surface area contributed by atoms with Gasteiger partial charge in [-0.25, -0.2) is 14.4 Å². The number of alkyl halides is 9. The number of nitrogens with zero attached hydrogens (tertiary/aromatic N) is 6. The summed E-state index contributed by atoms with van der Waals surface area (Å²) in [4.78, 5) is 37.8. The van der Waals surface area contributed by atoms with Crippen LogP contribution in [0.1, 0.15) is 28.7 Å². The van der Waals surface area contributed by atoms with E-state index in [4.69, 9.17) is 34.4 Å². The molecule has 3 aromatic heterocycles. The van der Waals surface area contributed by atoms with Gasteiger partial charge in [0.2, 0.25) is 0 Å². The van der Waals surface area contributed by atoms with E-state index in [1.165, 1.54) is 5.69 Å². The summed E-state index contributed by atoms with van der Waals surface area (Å²) in [5, 5.41) is 29.9. The summed E-state index contributed by atoms with van der Waals surface area (Å²) in [7, 11) is 1.95. The topological polar surface area (TPSA) is 181 Å². The van der Waals surface area contributed by atoms with Gasteiger partial charge in [0.15, 0.2) is 0 Å². The van der Waals surface area contributed by atoms with Crippen LogP contribution in [0.3, 0.4) is 0 Å². The number of fused-ring (bicyclic) bond motifs is 1. The molecule has 260 valence electrons. The highest BCUT2D eigenvalue weighted by atomic mass is 19.4.